The first-order chi connectivity index (χ1) is 13.6. The fraction of sp³-hybridized carbons (Fsp3) is 0.333. The molecule has 2 atom stereocenters. The zero-order valence-electron chi connectivity index (χ0n) is 15.7. The number of thioether (sulfide) groups is 1. The molecule has 142 valence electrons. The van der Waals surface area contributed by atoms with Crippen molar-refractivity contribution < 1.29 is 0 Å². The van der Waals surface area contributed by atoms with Crippen LogP contribution in [0.4, 0.5) is 0 Å². The summed E-state index contributed by atoms with van der Waals surface area (Å²) in [6, 6.07) is 7.97. The lowest BCUT2D eigenvalue weighted by Crippen LogP contribution is -2.15. The summed E-state index contributed by atoms with van der Waals surface area (Å²) in [4.78, 5) is 31.7. The van der Waals surface area contributed by atoms with Crippen LogP contribution in [0.1, 0.15) is 41.8 Å². The number of fused-ring (bicyclic) bond motifs is 4. The highest BCUT2D eigenvalue weighted by atomic mass is 32.2. The summed E-state index contributed by atoms with van der Waals surface area (Å²) in [7, 11) is 0. The molecule has 0 saturated carbocycles. The van der Waals surface area contributed by atoms with Gasteiger partial charge in [-0.1, -0.05) is 36.9 Å². The minimum atomic E-state index is -0.0199. The molecule has 1 aromatic carbocycles. The van der Waals surface area contributed by atoms with Crippen LogP contribution in [0.15, 0.2) is 40.4 Å². The molecule has 5 nitrogen and oxygen atoms in total. The number of hydrogen-bond acceptors (Lipinski definition) is 6. The molecule has 0 radical (unpaired) electrons. The first kappa shape index (κ1) is 17.8. The number of nitrogens with one attached hydrogen (secondary N) is 1. The normalized spacial score (nSPS) is 17.7. The minimum Gasteiger partial charge on any atom is -0.309 e. The maximum absolute atomic E-state index is 12.9. The van der Waals surface area contributed by atoms with E-state index < -0.39 is 0 Å². The van der Waals surface area contributed by atoms with Crippen LogP contribution in [0.5, 0.6) is 0 Å². The van der Waals surface area contributed by atoms with Crippen LogP contribution < -0.4 is 5.56 Å². The third-order valence-electron chi connectivity index (χ3n) is 5.36. The maximum atomic E-state index is 12.9. The van der Waals surface area contributed by atoms with Gasteiger partial charge in [0.05, 0.1) is 16.2 Å². The highest BCUT2D eigenvalue weighted by Gasteiger charge is 2.24. The molecule has 1 aliphatic carbocycles. The standard InChI is InChI=1S/C21H20N4OS2/c1-11-7-8-14-16(9-11)28-21-17(14)19(26)24-18(25-21)12(2)27-20-13-5-3-4-6-15(13)22-10-23-20/h3-6,10-12H,7-9H2,1-2H3,(H,24,25,26)/t11-,12-/m0/s1. The summed E-state index contributed by atoms with van der Waals surface area (Å²) >= 11 is 3.29. The molecule has 0 spiro atoms. The maximum Gasteiger partial charge on any atom is 0.259 e. The molecule has 5 rings (SSSR count). The number of aryl methyl sites for hydroxylation is 1. The van der Waals surface area contributed by atoms with Gasteiger partial charge in [0.1, 0.15) is 22.0 Å². The fourth-order valence-corrected chi connectivity index (χ4v) is 6.21. The molecule has 3 aromatic heterocycles. The van der Waals surface area contributed by atoms with Crippen molar-refractivity contribution in [3.8, 4) is 0 Å². The fourth-order valence-electron chi connectivity index (χ4n) is 3.86. The molecular weight excluding hydrogens is 388 g/mol. The second-order valence-corrected chi connectivity index (χ2v) is 9.85. The third-order valence-corrected chi connectivity index (χ3v) is 7.64. The molecular formula is C21H20N4OS2. The Kier molecular flexibility index (Phi) is 4.44. The van der Waals surface area contributed by atoms with Crippen molar-refractivity contribution in [2.24, 2.45) is 5.92 Å². The smallest absolute Gasteiger partial charge is 0.259 e. The van der Waals surface area contributed by atoms with Crippen LogP contribution in [0.25, 0.3) is 21.1 Å². The van der Waals surface area contributed by atoms with E-state index in [1.54, 1.807) is 29.4 Å². The van der Waals surface area contributed by atoms with Gasteiger partial charge in [0.25, 0.3) is 5.56 Å². The molecule has 0 saturated heterocycles. The molecule has 3 heterocycles. The van der Waals surface area contributed by atoms with Crippen LogP contribution in [0, 0.1) is 5.92 Å². The second kappa shape index (κ2) is 6.97. The molecule has 4 aromatic rings. The topological polar surface area (TPSA) is 71.5 Å². The average Bonchev–Trinajstić information content (AvgIpc) is 3.06. The Morgan fingerprint density at radius 2 is 2.14 bits per heavy atom. The van der Waals surface area contributed by atoms with Gasteiger partial charge in [-0.2, -0.15) is 0 Å². The van der Waals surface area contributed by atoms with E-state index in [9.17, 15) is 4.79 Å². The number of hydrogen-bond donors (Lipinski definition) is 1. The summed E-state index contributed by atoms with van der Waals surface area (Å²) in [5, 5.41) is 2.71. The summed E-state index contributed by atoms with van der Waals surface area (Å²) < 4.78 is 0. The van der Waals surface area contributed by atoms with Crippen LogP contribution >= 0.6 is 23.1 Å². The predicted molar refractivity (Wildman–Crippen MR) is 115 cm³/mol. The largest absolute Gasteiger partial charge is 0.309 e. The monoisotopic (exact) mass is 408 g/mol. The lowest BCUT2D eigenvalue weighted by Gasteiger charge is -2.17. The number of thiophene rings is 1. The molecule has 1 aliphatic rings. The number of benzene rings is 1. The third kappa shape index (κ3) is 3.02. The van der Waals surface area contributed by atoms with E-state index in [2.05, 4.69) is 28.8 Å². The Labute approximate surface area is 170 Å². The number of para-hydroxylation sites is 1. The Balaban J connectivity index is 1.53. The van der Waals surface area contributed by atoms with Crippen molar-refractivity contribution in [2.45, 2.75) is 43.4 Å². The Morgan fingerprint density at radius 3 is 3.04 bits per heavy atom. The van der Waals surface area contributed by atoms with Gasteiger partial charge in [0, 0.05) is 10.3 Å². The zero-order valence-corrected chi connectivity index (χ0v) is 17.4. The summed E-state index contributed by atoms with van der Waals surface area (Å²) in [6.45, 7) is 4.34. The van der Waals surface area contributed by atoms with E-state index in [1.807, 2.05) is 24.3 Å². The number of nitrogens with zero attached hydrogens (tertiary/aromatic N) is 3. The van der Waals surface area contributed by atoms with E-state index >= 15 is 0 Å². The molecule has 0 fully saturated rings. The van der Waals surface area contributed by atoms with Crippen molar-refractivity contribution in [3.05, 3.63) is 57.2 Å². The van der Waals surface area contributed by atoms with E-state index in [4.69, 9.17) is 4.98 Å². The van der Waals surface area contributed by atoms with Crippen LogP contribution in [0.2, 0.25) is 0 Å². The zero-order chi connectivity index (χ0) is 19.3. The minimum absolute atomic E-state index is 0.00736. The van der Waals surface area contributed by atoms with Crippen LogP contribution in [-0.4, -0.2) is 19.9 Å². The van der Waals surface area contributed by atoms with E-state index in [-0.39, 0.29) is 10.8 Å². The van der Waals surface area contributed by atoms with Gasteiger partial charge in [-0.15, -0.1) is 11.3 Å². The predicted octanol–water partition coefficient (Wildman–Crippen LogP) is 4.91. The molecule has 0 unspecified atom stereocenters. The lowest BCUT2D eigenvalue weighted by atomic mass is 9.89. The van der Waals surface area contributed by atoms with Crippen molar-refractivity contribution in [1.82, 2.24) is 19.9 Å². The molecule has 0 bridgehead atoms. The average molecular weight is 409 g/mol. The van der Waals surface area contributed by atoms with Gasteiger partial charge in [0.2, 0.25) is 0 Å². The highest BCUT2D eigenvalue weighted by molar-refractivity contribution is 7.99. The number of rotatable bonds is 3. The highest BCUT2D eigenvalue weighted by Crippen LogP contribution is 2.38. The SMILES string of the molecule is C[C@H]1CCc2c(sc3nc([C@H](C)Sc4ncnc5ccccc45)[nH]c(=O)c23)C1. The summed E-state index contributed by atoms with van der Waals surface area (Å²) in [5.41, 5.74) is 2.14. The molecule has 0 amide bonds. The number of aromatic nitrogens is 4. The molecule has 7 heteroatoms. The number of aromatic amines is 1. The van der Waals surface area contributed by atoms with Gasteiger partial charge >= 0.3 is 0 Å². The van der Waals surface area contributed by atoms with Gasteiger partial charge in [-0.3, -0.25) is 4.79 Å². The Morgan fingerprint density at radius 1 is 1.29 bits per heavy atom. The van der Waals surface area contributed by atoms with Crippen molar-refractivity contribution in [3.63, 3.8) is 0 Å². The van der Waals surface area contributed by atoms with E-state index in [0.29, 0.717) is 11.7 Å². The quantitative estimate of drug-likeness (QED) is 0.385. The van der Waals surface area contributed by atoms with Crippen LogP contribution in [0.3, 0.4) is 0 Å². The summed E-state index contributed by atoms with van der Waals surface area (Å²) in [6.07, 6.45) is 4.78. The number of H-pyrrole nitrogens is 1. The van der Waals surface area contributed by atoms with Crippen molar-refractivity contribution >= 4 is 44.2 Å². The Hall–Kier alpha value is -2.25. The molecule has 28 heavy (non-hydrogen) atoms. The van der Waals surface area contributed by atoms with E-state index in [1.165, 1.54) is 10.4 Å². The Bertz CT molecular complexity index is 1240. The van der Waals surface area contributed by atoms with Gasteiger partial charge < -0.3 is 4.98 Å². The second-order valence-electron chi connectivity index (χ2n) is 7.44. The van der Waals surface area contributed by atoms with Gasteiger partial charge in [0.15, 0.2) is 0 Å². The first-order valence-corrected chi connectivity index (χ1v) is 11.2. The van der Waals surface area contributed by atoms with Gasteiger partial charge in [-0.05, 0) is 43.7 Å². The van der Waals surface area contributed by atoms with Crippen molar-refractivity contribution in [2.75, 3.05) is 0 Å². The van der Waals surface area contributed by atoms with Crippen LogP contribution in [-0.2, 0) is 12.8 Å². The molecule has 1 N–H and O–H groups in total. The lowest BCUT2D eigenvalue weighted by molar-refractivity contribution is 0.509. The first-order valence-electron chi connectivity index (χ1n) is 9.51. The molecule has 0 aliphatic heterocycles. The van der Waals surface area contributed by atoms with Gasteiger partial charge in [-0.25, -0.2) is 15.0 Å². The summed E-state index contributed by atoms with van der Waals surface area (Å²) in [5.74, 6) is 1.39. The van der Waals surface area contributed by atoms with E-state index in [0.717, 1.165) is 45.4 Å². The van der Waals surface area contributed by atoms with Crippen molar-refractivity contribution in [1.29, 1.82) is 0 Å².